The molecule has 0 bridgehead atoms. The molecule has 0 N–H and O–H groups in total. The normalized spacial score (nSPS) is 12.3. The van der Waals surface area contributed by atoms with E-state index in [1.54, 1.807) is 20.8 Å². The van der Waals surface area contributed by atoms with Crippen molar-refractivity contribution in [3.05, 3.63) is 6.92 Å². The molecule has 0 aliphatic carbocycles. The van der Waals surface area contributed by atoms with Crippen LogP contribution in [-0.2, 0) is 19.1 Å². The third kappa shape index (κ3) is 3.68. The highest BCUT2D eigenvalue weighted by atomic mass is 16.6. The zero-order valence-electron chi connectivity index (χ0n) is 8.91. The summed E-state index contributed by atoms with van der Waals surface area (Å²) in [6.07, 6.45) is 0. The number of hydrogen-bond donors (Lipinski definition) is 0. The summed E-state index contributed by atoms with van der Waals surface area (Å²) in [6, 6.07) is 0. The first kappa shape index (κ1) is 12.8. The number of esters is 2. The van der Waals surface area contributed by atoms with Crippen molar-refractivity contribution in [1.82, 2.24) is 0 Å². The van der Waals surface area contributed by atoms with Gasteiger partial charge in [0.05, 0.1) is 6.61 Å². The van der Waals surface area contributed by atoms with Crippen molar-refractivity contribution in [2.75, 3.05) is 13.2 Å². The van der Waals surface area contributed by atoms with E-state index in [1.165, 1.54) is 0 Å². The van der Waals surface area contributed by atoms with E-state index >= 15 is 0 Å². The van der Waals surface area contributed by atoms with Crippen molar-refractivity contribution in [2.24, 2.45) is 11.8 Å². The van der Waals surface area contributed by atoms with Crippen molar-refractivity contribution < 1.29 is 19.1 Å². The summed E-state index contributed by atoms with van der Waals surface area (Å²) in [6.45, 7) is 8.91. The second kappa shape index (κ2) is 6.29. The minimum atomic E-state index is -0.836. The summed E-state index contributed by atoms with van der Waals surface area (Å²) in [4.78, 5) is 22.7. The SMILES string of the molecule is [CH2+]COC(=O)C(C(=O)OCC)C(C)C. The van der Waals surface area contributed by atoms with Gasteiger partial charge in [-0.15, -0.1) is 0 Å². The van der Waals surface area contributed by atoms with Crippen LogP contribution in [0.3, 0.4) is 0 Å². The topological polar surface area (TPSA) is 52.6 Å². The van der Waals surface area contributed by atoms with Gasteiger partial charge in [-0.2, -0.15) is 0 Å². The maximum absolute atomic E-state index is 11.4. The molecule has 0 fully saturated rings. The molecule has 0 radical (unpaired) electrons. The summed E-state index contributed by atoms with van der Waals surface area (Å²) in [5, 5.41) is 0. The summed E-state index contributed by atoms with van der Waals surface area (Å²) in [5.41, 5.74) is 0. The maximum atomic E-state index is 11.4. The van der Waals surface area contributed by atoms with E-state index in [2.05, 4.69) is 11.7 Å². The highest BCUT2D eigenvalue weighted by molar-refractivity contribution is 5.95. The van der Waals surface area contributed by atoms with Crippen molar-refractivity contribution in [2.45, 2.75) is 20.8 Å². The second-order valence-corrected chi connectivity index (χ2v) is 3.14. The van der Waals surface area contributed by atoms with Gasteiger partial charge in [-0.25, -0.2) is 0 Å². The first-order valence-corrected chi connectivity index (χ1v) is 4.67. The van der Waals surface area contributed by atoms with Crippen molar-refractivity contribution in [3.8, 4) is 0 Å². The molecule has 0 aliphatic heterocycles. The van der Waals surface area contributed by atoms with Crippen LogP contribution in [0.15, 0.2) is 0 Å². The fraction of sp³-hybridized carbons (Fsp3) is 0.700. The molecular formula is C10H17O4+. The van der Waals surface area contributed by atoms with Gasteiger partial charge >= 0.3 is 11.9 Å². The van der Waals surface area contributed by atoms with Gasteiger partial charge in [-0.05, 0) is 12.8 Å². The lowest BCUT2D eigenvalue weighted by atomic mass is 9.96. The van der Waals surface area contributed by atoms with Crippen LogP contribution in [0.1, 0.15) is 20.8 Å². The zero-order chi connectivity index (χ0) is 11.1. The minimum absolute atomic E-state index is 0.0292. The number of ether oxygens (including phenoxy) is 2. The molecule has 0 rings (SSSR count). The van der Waals surface area contributed by atoms with Crippen molar-refractivity contribution >= 4 is 11.9 Å². The molecule has 4 heteroatoms. The van der Waals surface area contributed by atoms with Crippen LogP contribution in [0.5, 0.6) is 0 Å². The smallest absolute Gasteiger partial charge is 0.323 e. The molecular weight excluding hydrogens is 184 g/mol. The monoisotopic (exact) mass is 201 g/mol. The average Bonchev–Trinajstić information content (AvgIpc) is 2.04. The Bertz CT molecular complexity index is 180. The fourth-order valence-electron chi connectivity index (χ4n) is 1.06. The molecule has 0 aromatic carbocycles. The predicted octanol–water partition coefficient (Wildman–Crippen LogP) is 1.20. The largest absolute Gasteiger partial charge is 0.465 e. The lowest BCUT2D eigenvalue weighted by Crippen LogP contribution is -2.32. The first-order chi connectivity index (χ1) is 6.54. The molecule has 1 unspecified atom stereocenters. The van der Waals surface area contributed by atoms with Crippen LogP contribution in [-0.4, -0.2) is 25.2 Å². The highest BCUT2D eigenvalue weighted by Gasteiger charge is 2.32. The number of rotatable bonds is 5. The van der Waals surface area contributed by atoms with Gasteiger partial charge < -0.3 is 9.47 Å². The van der Waals surface area contributed by atoms with Gasteiger partial charge in [-0.3, -0.25) is 9.59 Å². The number of carbonyl (C=O) groups is 2. The first-order valence-electron chi connectivity index (χ1n) is 4.67. The van der Waals surface area contributed by atoms with Crippen LogP contribution in [0, 0.1) is 18.8 Å². The van der Waals surface area contributed by atoms with Crippen LogP contribution in [0.25, 0.3) is 0 Å². The van der Waals surface area contributed by atoms with Crippen LogP contribution >= 0.6 is 0 Å². The van der Waals surface area contributed by atoms with Crippen LogP contribution in [0.4, 0.5) is 0 Å². The molecule has 0 spiro atoms. The Morgan fingerprint density at radius 2 is 1.71 bits per heavy atom. The summed E-state index contributed by atoms with van der Waals surface area (Å²) < 4.78 is 9.45. The summed E-state index contributed by atoms with van der Waals surface area (Å²) in [5.74, 6) is -2.06. The van der Waals surface area contributed by atoms with E-state index in [1.807, 2.05) is 0 Å². The lowest BCUT2D eigenvalue weighted by Gasteiger charge is -2.16. The lowest BCUT2D eigenvalue weighted by molar-refractivity contribution is -0.163. The molecule has 0 saturated heterocycles. The summed E-state index contributed by atoms with van der Waals surface area (Å²) in [7, 11) is 0. The average molecular weight is 201 g/mol. The van der Waals surface area contributed by atoms with Gasteiger partial charge in [0.2, 0.25) is 6.61 Å². The molecule has 1 atom stereocenters. The maximum Gasteiger partial charge on any atom is 0.323 e. The molecule has 0 amide bonds. The quantitative estimate of drug-likeness (QED) is 0.381. The zero-order valence-corrected chi connectivity index (χ0v) is 8.91. The van der Waals surface area contributed by atoms with E-state index < -0.39 is 17.9 Å². The van der Waals surface area contributed by atoms with Crippen molar-refractivity contribution in [3.63, 3.8) is 0 Å². The molecule has 80 valence electrons. The predicted molar refractivity (Wildman–Crippen MR) is 51.3 cm³/mol. The van der Waals surface area contributed by atoms with E-state index in [0.29, 0.717) is 0 Å². The van der Waals surface area contributed by atoms with Gasteiger partial charge in [-0.1, -0.05) is 13.8 Å². The highest BCUT2D eigenvalue weighted by Crippen LogP contribution is 2.14. The van der Waals surface area contributed by atoms with Gasteiger partial charge in [0.25, 0.3) is 0 Å². The van der Waals surface area contributed by atoms with E-state index in [0.717, 1.165) is 0 Å². The Kier molecular flexibility index (Phi) is 5.76. The van der Waals surface area contributed by atoms with E-state index in [9.17, 15) is 9.59 Å². The molecule has 0 aromatic heterocycles. The van der Waals surface area contributed by atoms with Gasteiger partial charge in [0.15, 0.2) is 5.92 Å². The Morgan fingerprint density at radius 3 is 2.07 bits per heavy atom. The molecule has 0 aliphatic rings. The van der Waals surface area contributed by atoms with Crippen LogP contribution < -0.4 is 0 Å². The van der Waals surface area contributed by atoms with E-state index in [-0.39, 0.29) is 19.1 Å². The van der Waals surface area contributed by atoms with Gasteiger partial charge in [0, 0.05) is 0 Å². The minimum Gasteiger partial charge on any atom is -0.465 e. The Labute approximate surface area is 84.6 Å². The molecule has 4 nitrogen and oxygen atoms in total. The Morgan fingerprint density at radius 1 is 1.21 bits per heavy atom. The summed E-state index contributed by atoms with van der Waals surface area (Å²) >= 11 is 0. The van der Waals surface area contributed by atoms with Crippen molar-refractivity contribution in [1.29, 1.82) is 0 Å². The molecule has 14 heavy (non-hydrogen) atoms. The molecule has 0 saturated carbocycles. The third-order valence-corrected chi connectivity index (χ3v) is 1.71. The molecule has 0 aromatic rings. The fourth-order valence-corrected chi connectivity index (χ4v) is 1.06. The Hall–Kier alpha value is -1.19. The van der Waals surface area contributed by atoms with Crippen LogP contribution in [0.2, 0.25) is 0 Å². The third-order valence-electron chi connectivity index (χ3n) is 1.71. The Balaban J connectivity index is 4.42. The number of hydrogen-bond acceptors (Lipinski definition) is 4. The second-order valence-electron chi connectivity index (χ2n) is 3.14. The standard InChI is InChI=1S/C10H17O4/c1-5-13-9(11)8(7(3)4)10(12)14-6-2/h7-8H,1,5-6H2,2-4H3/q+1. The van der Waals surface area contributed by atoms with E-state index in [4.69, 9.17) is 4.74 Å². The van der Waals surface area contributed by atoms with Gasteiger partial charge in [0.1, 0.15) is 6.92 Å². The molecule has 0 heterocycles. The number of carbonyl (C=O) groups excluding carboxylic acids is 2.